The summed E-state index contributed by atoms with van der Waals surface area (Å²) < 4.78 is 0. The van der Waals surface area contributed by atoms with Crippen molar-refractivity contribution < 1.29 is 14.7 Å². The maximum atomic E-state index is 12.4. The minimum atomic E-state index is -0.903. The highest BCUT2D eigenvalue weighted by Crippen LogP contribution is 2.19. The third-order valence-electron chi connectivity index (χ3n) is 5.02. The van der Waals surface area contributed by atoms with Crippen LogP contribution in [0.1, 0.15) is 37.7 Å². The average molecular weight is 354 g/mol. The number of carbonyl (C=O) groups is 2. The standard InChI is InChI=1S/C21H26N2O3/c24-14-19(21(26)22-17-10-2-1-3-11-17)23-20(25)13-16-9-6-8-15-7-4-5-12-18(15)16/h4-9,12,17,19,24H,1-3,10-11,13-14H2,(H,22,26)(H,23,25)/t19-/m0/s1. The molecule has 0 unspecified atom stereocenters. The van der Waals surface area contributed by atoms with E-state index < -0.39 is 12.6 Å². The van der Waals surface area contributed by atoms with Crippen molar-refractivity contribution in [2.24, 2.45) is 0 Å². The summed E-state index contributed by atoms with van der Waals surface area (Å²) >= 11 is 0. The summed E-state index contributed by atoms with van der Waals surface area (Å²) in [6.07, 6.45) is 5.54. The van der Waals surface area contributed by atoms with Gasteiger partial charge in [-0.2, -0.15) is 0 Å². The average Bonchev–Trinajstić information content (AvgIpc) is 2.67. The van der Waals surface area contributed by atoms with Gasteiger partial charge >= 0.3 is 0 Å². The van der Waals surface area contributed by atoms with E-state index in [4.69, 9.17) is 0 Å². The van der Waals surface area contributed by atoms with Gasteiger partial charge in [-0.1, -0.05) is 61.7 Å². The number of amides is 2. The molecule has 0 radical (unpaired) electrons. The van der Waals surface area contributed by atoms with E-state index in [9.17, 15) is 14.7 Å². The van der Waals surface area contributed by atoms with Gasteiger partial charge in [0.25, 0.3) is 0 Å². The molecule has 0 heterocycles. The van der Waals surface area contributed by atoms with Crippen LogP contribution in [0.2, 0.25) is 0 Å². The summed E-state index contributed by atoms with van der Waals surface area (Å²) in [6, 6.07) is 13.0. The second-order valence-electron chi connectivity index (χ2n) is 6.96. The number of rotatable bonds is 6. The predicted molar refractivity (Wildman–Crippen MR) is 102 cm³/mol. The number of fused-ring (bicyclic) bond motifs is 1. The first-order valence-corrected chi connectivity index (χ1v) is 9.34. The Bertz CT molecular complexity index is 763. The van der Waals surface area contributed by atoms with Crippen LogP contribution in [0.15, 0.2) is 42.5 Å². The zero-order chi connectivity index (χ0) is 18.4. The molecule has 0 saturated heterocycles. The molecule has 3 rings (SSSR count). The fourth-order valence-corrected chi connectivity index (χ4v) is 3.61. The molecule has 0 aliphatic heterocycles. The minimum absolute atomic E-state index is 0.153. The number of nitrogens with one attached hydrogen (secondary N) is 2. The van der Waals surface area contributed by atoms with Crippen LogP contribution in [-0.4, -0.2) is 35.6 Å². The highest BCUT2D eigenvalue weighted by atomic mass is 16.3. The molecule has 1 saturated carbocycles. The van der Waals surface area contributed by atoms with Crippen molar-refractivity contribution in [1.82, 2.24) is 10.6 Å². The monoisotopic (exact) mass is 354 g/mol. The number of aliphatic hydroxyl groups excluding tert-OH is 1. The van der Waals surface area contributed by atoms with Crippen LogP contribution < -0.4 is 10.6 Å². The molecule has 3 N–H and O–H groups in total. The first-order valence-electron chi connectivity index (χ1n) is 9.34. The summed E-state index contributed by atoms with van der Waals surface area (Å²) in [7, 11) is 0. The molecule has 1 atom stereocenters. The van der Waals surface area contributed by atoms with E-state index in [1.54, 1.807) is 0 Å². The lowest BCUT2D eigenvalue weighted by atomic mass is 9.95. The van der Waals surface area contributed by atoms with E-state index in [0.717, 1.165) is 42.0 Å². The molecule has 0 aromatic heterocycles. The molecule has 0 spiro atoms. The smallest absolute Gasteiger partial charge is 0.245 e. The van der Waals surface area contributed by atoms with Gasteiger partial charge in [0.1, 0.15) is 6.04 Å². The number of hydrogen-bond acceptors (Lipinski definition) is 3. The van der Waals surface area contributed by atoms with Gasteiger partial charge in [-0.25, -0.2) is 0 Å². The lowest BCUT2D eigenvalue weighted by molar-refractivity contribution is -0.130. The molecule has 1 aliphatic rings. The van der Waals surface area contributed by atoms with E-state index in [2.05, 4.69) is 10.6 Å². The van der Waals surface area contributed by atoms with E-state index in [0.29, 0.717) is 0 Å². The van der Waals surface area contributed by atoms with Crippen LogP contribution in [0.5, 0.6) is 0 Å². The molecule has 5 nitrogen and oxygen atoms in total. The minimum Gasteiger partial charge on any atom is -0.394 e. The maximum absolute atomic E-state index is 12.4. The third kappa shape index (κ3) is 4.61. The second kappa shape index (κ2) is 8.81. The molecule has 26 heavy (non-hydrogen) atoms. The topological polar surface area (TPSA) is 78.4 Å². The van der Waals surface area contributed by atoms with Crippen molar-refractivity contribution in [3.63, 3.8) is 0 Å². The van der Waals surface area contributed by atoms with Crippen LogP contribution >= 0.6 is 0 Å². The lowest BCUT2D eigenvalue weighted by Crippen LogP contribution is -2.52. The molecule has 2 aromatic carbocycles. The summed E-state index contributed by atoms with van der Waals surface area (Å²) in [5.74, 6) is -0.565. The van der Waals surface area contributed by atoms with Crippen LogP contribution in [0, 0.1) is 0 Å². The van der Waals surface area contributed by atoms with E-state index >= 15 is 0 Å². The van der Waals surface area contributed by atoms with E-state index in [1.165, 1.54) is 6.42 Å². The Morgan fingerprint density at radius 1 is 1.04 bits per heavy atom. The number of benzene rings is 2. The van der Waals surface area contributed by atoms with Gasteiger partial charge in [0.2, 0.25) is 11.8 Å². The van der Waals surface area contributed by atoms with Crippen molar-refractivity contribution in [2.45, 2.75) is 50.6 Å². The summed E-state index contributed by atoms with van der Waals surface area (Å²) in [6.45, 7) is -0.403. The Morgan fingerprint density at radius 3 is 2.54 bits per heavy atom. The summed E-state index contributed by atoms with van der Waals surface area (Å²) in [5.41, 5.74) is 0.907. The SMILES string of the molecule is O=C(Cc1cccc2ccccc12)N[C@@H](CO)C(=O)NC1CCCCC1. The Kier molecular flexibility index (Phi) is 6.23. The molecule has 5 heteroatoms. The third-order valence-corrected chi connectivity index (χ3v) is 5.02. The number of carbonyl (C=O) groups excluding carboxylic acids is 2. The molecule has 2 amide bonds. The van der Waals surface area contributed by atoms with Crippen LogP contribution in [0.4, 0.5) is 0 Å². The molecule has 138 valence electrons. The van der Waals surface area contributed by atoms with Crippen LogP contribution in [0.25, 0.3) is 10.8 Å². The predicted octanol–water partition coefficient (Wildman–Crippen LogP) is 2.31. The fourth-order valence-electron chi connectivity index (χ4n) is 3.61. The first kappa shape index (κ1) is 18.4. The van der Waals surface area contributed by atoms with Crippen molar-refractivity contribution >= 4 is 22.6 Å². The normalized spacial score (nSPS) is 16.2. The highest BCUT2D eigenvalue weighted by molar-refractivity contribution is 5.92. The van der Waals surface area contributed by atoms with Gasteiger partial charge in [0, 0.05) is 6.04 Å². The molecule has 1 aliphatic carbocycles. The lowest BCUT2D eigenvalue weighted by Gasteiger charge is -2.25. The van der Waals surface area contributed by atoms with Crippen molar-refractivity contribution in [2.75, 3.05) is 6.61 Å². The van der Waals surface area contributed by atoms with E-state index in [-0.39, 0.29) is 24.3 Å². The van der Waals surface area contributed by atoms with Crippen LogP contribution in [-0.2, 0) is 16.0 Å². The molecule has 2 aromatic rings. The molecule has 1 fully saturated rings. The van der Waals surface area contributed by atoms with E-state index in [1.807, 2.05) is 42.5 Å². The summed E-state index contributed by atoms with van der Waals surface area (Å²) in [5, 5.41) is 17.3. The maximum Gasteiger partial charge on any atom is 0.245 e. The largest absolute Gasteiger partial charge is 0.394 e. The van der Waals surface area contributed by atoms with Crippen molar-refractivity contribution in [1.29, 1.82) is 0 Å². The van der Waals surface area contributed by atoms with Crippen molar-refractivity contribution in [3.05, 3.63) is 48.0 Å². The summed E-state index contributed by atoms with van der Waals surface area (Å²) in [4.78, 5) is 24.8. The Labute approximate surface area is 153 Å². The molecular formula is C21H26N2O3. The molecular weight excluding hydrogens is 328 g/mol. The van der Waals surface area contributed by atoms with Gasteiger partial charge in [-0.05, 0) is 29.2 Å². The van der Waals surface area contributed by atoms with Crippen molar-refractivity contribution in [3.8, 4) is 0 Å². The quantitative estimate of drug-likeness (QED) is 0.745. The number of aliphatic hydroxyl groups is 1. The zero-order valence-electron chi connectivity index (χ0n) is 14.9. The molecule has 0 bridgehead atoms. The van der Waals surface area contributed by atoms with Gasteiger partial charge in [0.05, 0.1) is 13.0 Å². The number of hydrogen-bond donors (Lipinski definition) is 3. The fraction of sp³-hybridized carbons (Fsp3) is 0.429. The van der Waals surface area contributed by atoms with Crippen LogP contribution in [0.3, 0.4) is 0 Å². The Morgan fingerprint density at radius 2 is 1.77 bits per heavy atom. The second-order valence-corrected chi connectivity index (χ2v) is 6.96. The highest BCUT2D eigenvalue weighted by Gasteiger charge is 2.23. The first-order chi connectivity index (χ1) is 12.7. The van der Waals surface area contributed by atoms with Gasteiger partial charge in [-0.15, -0.1) is 0 Å². The zero-order valence-corrected chi connectivity index (χ0v) is 14.9. The Balaban J connectivity index is 1.60. The van der Waals surface area contributed by atoms with Gasteiger partial charge in [-0.3, -0.25) is 9.59 Å². The van der Waals surface area contributed by atoms with Gasteiger partial charge in [0.15, 0.2) is 0 Å². The van der Waals surface area contributed by atoms with Gasteiger partial charge < -0.3 is 15.7 Å². The Hall–Kier alpha value is -2.40.